The fraction of sp³-hybridized carbons (Fsp3) is 0.412. The zero-order chi connectivity index (χ0) is 17.0. The normalized spacial score (nSPS) is 16.8. The Kier molecular flexibility index (Phi) is 5.28. The summed E-state index contributed by atoms with van der Waals surface area (Å²) < 4.78 is 24.4. The molecule has 1 saturated heterocycles. The zero-order valence-corrected chi connectivity index (χ0v) is 14.1. The number of anilines is 1. The molecule has 3 heterocycles. The van der Waals surface area contributed by atoms with Crippen LogP contribution in [0.15, 0.2) is 30.5 Å². The molecular formula is C17H19ClFN3O2. The van der Waals surface area contributed by atoms with Crippen LogP contribution in [0.2, 0.25) is 5.02 Å². The largest absolute Gasteiger partial charge is 0.381 e. The number of nitrogens with one attached hydrogen (secondary N) is 1. The molecule has 1 aliphatic rings. The highest BCUT2D eigenvalue weighted by atomic mass is 35.5. The van der Waals surface area contributed by atoms with Crippen LogP contribution in [-0.2, 0) is 9.47 Å². The monoisotopic (exact) mass is 351 g/mol. The average molecular weight is 352 g/mol. The van der Waals surface area contributed by atoms with Gasteiger partial charge in [0.25, 0.3) is 0 Å². The second-order valence-electron chi connectivity index (χ2n) is 5.75. The molecule has 0 bridgehead atoms. The first-order valence-electron chi connectivity index (χ1n) is 7.77. The summed E-state index contributed by atoms with van der Waals surface area (Å²) in [6.45, 7) is 1.92. The van der Waals surface area contributed by atoms with E-state index >= 15 is 0 Å². The molecule has 1 N–H and O–H groups in total. The fourth-order valence-electron chi connectivity index (χ4n) is 2.73. The summed E-state index contributed by atoms with van der Waals surface area (Å²) in [6.07, 6.45) is 3.03. The predicted molar refractivity (Wildman–Crippen MR) is 90.7 cm³/mol. The van der Waals surface area contributed by atoms with Gasteiger partial charge in [-0.3, -0.25) is 0 Å². The van der Waals surface area contributed by atoms with Crippen LogP contribution in [-0.4, -0.2) is 42.4 Å². The molecule has 0 spiro atoms. The van der Waals surface area contributed by atoms with Crippen LogP contribution in [0.3, 0.4) is 0 Å². The molecule has 0 atom stereocenters. The molecule has 0 saturated carbocycles. The van der Waals surface area contributed by atoms with E-state index in [1.165, 1.54) is 12.3 Å². The van der Waals surface area contributed by atoms with E-state index in [0.29, 0.717) is 41.9 Å². The van der Waals surface area contributed by atoms with Gasteiger partial charge in [-0.1, -0.05) is 11.6 Å². The number of halogens is 2. The summed E-state index contributed by atoms with van der Waals surface area (Å²) in [6, 6.07) is 6.55. The van der Waals surface area contributed by atoms with Gasteiger partial charge in [0, 0.05) is 57.5 Å². The molecule has 24 heavy (non-hydrogen) atoms. The van der Waals surface area contributed by atoms with Crippen molar-refractivity contribution in [3.05, 3.63) is 41.4 Å². The zero-order valence-electron chi connectivity index (χ0n) is 13.4. The van der Waals surface area contributed by atoms with E-state index in [0.717, 1.165) is 12.8 Å². The molecule has 0 amide bonds. The lowest BCUT2D eigenvalue weighted by atomic mass is 9.94. The van der Waals surface area contributed by atoms with Crippen LogP contribution in [0.1, 0.15) is 12.8 Å². The molecule has 1 aliphatic heterocycles. The summed E-state index contributed by atoms with van der Waals surface area (Å²) in [5, 5.41) is 3.77. The van der Waals surface area contributed by atoms with Crippen molar-refractivity contribution in [3.8, 4) is 11.3 Å². The number of hydrogen-bond donors (Lipinski definition) is 1. The van der Waals surface area contributed by atoms with Gasteiger partial charge in [-0.2, -0.15) is 4.39 Å². The van der Waals surface area contributed by atoms with E-state index in [1.807, 2.05) is 0 Å². The SMILES string of the molecule is COC1(CNc2nc(-c3ccnc(F)c3)ccc2Cl)CCOCC1. The highest BCUT2D eigenvalue weighted by Gasteiger charge is 2.32. The third kappa shape index (κ3) is 3.83. The minimum Gasteiger partial charge on any atom is -0.381 e. The summed E-state index contributed by atoms with van der Waals surface area (Å²) in [4.78, 5) is 8.07. The van der Waals surface area contributed by atoms with Gasteiger partial charge in [-0.05, 0) is 18.2 Å². The van der Waals surface area contributed by atoms with Gasteiger partial charge >= 0.3 is 0 Å². The Bertz CT molecular complexity index is 708. The van der Waals surface area contributed by atoms with Crippen molar-refractivity contribution in [1.29, 1.82) is 0 Å². The van der Waals surface area contributed by atoms with Crippen molar-refractivity contribution in [2.75, 3.05) is 32.2 Å². The molecule has 0 aromatic carbocycles. The molecule has 2 aromatic rings. The molecule has 0 radical (unpaired) electrons. The van der Waals surface area contributed by atoms with Crippen LogP contribution in [0, 0.1) is 5.95 Å². The Balaban J connectivity index is 1.79. The number of ether oxygens (including phenoxy) is 2. The van der Waals surface area contributed by atoms with E-state index in [9.17, 15) is 4.39 Å². The van der Waals surface area contributed by atoms with Crippen molar-refractivity contribution in [2.45, 2.75) is 18.4 Å². The number of methoxy groups -OCH3 is 1. The molecule has 128 valence electrons. The Labute approximate surface area is 145 Å². The van der Waals surface area contributed by atoms with Gasteiger partial charge < -0.3 is 14.8 Å². The van der Waals surface area contributed by atoms with Crippen LogP contribution in [0.25, 0.3) is 11.3 Å². The lowest BCUT2D eigenvalue weighted by Crippen LogP contribution is -2.44. The molecule has 0 aliphatic carbocycles. The molecule has 7 heteroatoms. The minimum atomic E-state index is -0.542. The first-order valence-corrected chi connectivity index (χ1v) is 8.15. The fourth-order valence-corrected chi connectivity index (χ4v) is 2.90. The molecule has 3 rings (SSSR count). The Morgan fingerprint density at radius 1 is 1.33 bits per heavy atom. The van der Waals surface area contributed by atoms with Crippen molar-refractivity contribution in [1.82, 2.24) is 9.97 Å². The van der Waals surface area contributed by atoms with Crippen LogP contribution >= 0.6 is 11.6 Å². The van der Waals surface area contributed by atoms with Crippen molar-refractivity contribution in [3.63, 3.8) is 0 Å². The molecule has 5 nitrogen and oxygen atoms in total. The lowest BCUT2D eigenvalue weighted by molar-refractivity contribution is -0.0807. The Morgan fingerprint density at radius 3 is 2.83 bits per heavy atom. The number of pyridine rings is 2. The molecular weight excluding hydrogens is 333 g/mol. The number of rotatable bonds is 5. The smallest absolute Gasteiger partial charge is 0.213 e. The van der Waals surface area contributed by atoms with Crippen molar-refractivity contribution >= 4 is 17.4 Å². The van der Waals surface area contributed by atoms with Gasteiger partial charge in [0.2, 0.25) is 5.95 Å². The molecule has 0 unspecified atom stereocenters. The van der Waals surface area contributed by atoms with Crippen LogP contribution < -0.4 is 5.32 Å². The van der Waals surface area contributed by atoms with Gasteiger partial charge in [0.05, 0.1) is 16.3 Å². The van der Waals surface area contributed by atoms with E-state index < -0.39 is 5.95 Å². The standard InChI is InChI=1S/C17H19ClFN3O2/c1-23-17(5-8-24-9-6-17)11-21-16-13(18)2-3-14(22-16)12-4-7-20-15(19)10-12/h2-4,7,10H,5-6,8-9,11H2,1H3,(H,21,22). The van der Waals surface area contributed by atoms with E-state index in [1.54, 1.807) is 25.3 Å². The maximum atomic E-state index is 13.3. The van der Waals surface area contributed by atoms with E-state index in [4.69, 9.17) is 21.1 Å². The average Bonchev–Trinajstić information content (AvgIpc) is 2.62. The summed E-state index contributed by atoms with van der Waals surface area (Å²) in [5.41, 5.74) is 0.985. The summed E-state index contributed by atoms with van der Waals surface area (Å²) in [7, 11) is 1.71. The van der Waals surface area contributed by atoms with Gasteiger partial charge in [0.1, 0.15) is 5.82 Å². The lowest BCUT2D eigenvalue weighted by Gasteiger charge is -2.36. The van der Waals surface area contributed by atoms with Crippen LogP contribution in [0.5, 0.6) is 0 Å². The second-order valence-corrected chi connectivity index (χ2v) is 6.15. The quantitative estimate of drug-likeness (QED) is 0.835. The van der Waals surface area contributed by atoms with Gasteiger partial charge in [-0.15, -0.1) is 0 Å². The van der Waals surface area contributed by atoms with Gasteiger partial charge in [0.15, 0.2) is 0 Å². The number of hydrogen-bond acceptors (Lipinski definition) is 5. The van der Waals surface area contributed by atoms with Crippen molar-refractivity contribution in [2.24, 2.45) is 0 Å². The van der Waals surface area contributed by atoms with E-state index in [2.05, 4.69) is 15.3 Å². The first kappa shape index (κ1) is 17.1. The number of nitrogens with zero attached hydrogens (tertiary/aromatic N) is 2. The second kappa shape index (κ2) is 7.42. The summed E-state index contributed by atoms with van der Waals surface area (Å²) >= 11 is 6.24. The Morgan fingerprint density at radius 2 is 2.12 bits per heavy atom. The van der Waals surface area contributed by atoms with Crippen molar-refractivity contribution < 1.29 is 13.9 Å². The highest BCUT2D eigenvalue weighted by molar-refractivity contribution is 6.33. The third-order valence-corrected chi connectivity index (χ3v) is 4.59. The summed E-state index contributed by atoms with van der Waals surface area (Å²) in [5.74, 6) is 0.00797. The minimum absolute atomic E-state index is 0.290. The maximum Gasteiger partial charge on any atom is 0.213 e. The number of aromatic nitrogens is 2. The predicted octanol–water partition coefficient (Wildman–Crippen LogP) is 3.54. The van der Waals surface area contributed by atoms with E-state index in [-0.39, 0.29) is 5.60 Å². The first-order chi connectivity index (χ1) is 11.6. The topological polar surface area (TPSA) is 56.3 Å². The Hall–Kier alpha value is -1.76. The van der Waals surface area contributed by atoms with Crippen LogP contribution in [0.4, 0.5) is 10.2 Å². The third-order valence-electron chi connectivity index (χ3n) is 4.28. The molecule has 1 fully saturated rings. The highest BCUT2D eigenvalue weighted by Crippen LogP contribution is 2.28. The maximum absolute atomic E-state index is 13.3. The molecule has 2 aromatic heterocycles. The van der Waals surface area contributed by atoms with Gasteiger partial charge in [-0.25, -0.2) is 9.97 Å².